The minimum Gasteiger partial charge on any atom is -0.354 e. The molecule has 1 aromatic carbocycles. The van der Waals surface area contributed by atoms with Crippen LogP contribution in [0.4, 0.5) is 11.8 Å². The average molecular weight is 460 g/mol. The van der Waals surface area contributed by atoms with Gasteiger partial charge in [0.25, 0.3) is 5.91 Å². The molecule has 1 fully saturated rings. The van der Waals surface area contributed by atoms with Crippen LogP contribution in [0.2, 0.25) is 5.02 Å². The van der Waals surface area contributed by atoms with Gasteiger partial charge >= 0.3 is 0 Å². The first-order chi connectivity index (χ1) is 16.0. The molecule has 0 bridgehead atoms. The van der Waals surface area contributed by atoms with Crippen molar-refractivity contribution in [3.63, 3.8) is 0 Å². The summed E-state index contributed by atoms with van der Waals surface area (Å²) in [6, 6.07) is 11.2. The van der Waals surface area contributed by atoms with Gasteiger partial charge in [-0.2, -0.15) is 0 Å². The third-order valence-corrected chi connectivity index (χ3v) is 5.89. The SMILES string of the molecule is CN1CCN(c2cc(C(=O)Nc3ncc4ccc(-c5cncc(Cl)c5)cc4n3)ccn2)CC1. The van der Waals surface area contributed by atoms with Gasteiger partial charge in [-0.25, -0.2) is 15.0 Å². The number of rotatable bonds is 4. The number of amides is 1. The molecule has 4 aromatic rings. The van der Waals surface area contributed by atoms with E-state index in [0.29, 0.717) is 16.1 Å². The molecule has 5 rings (SSSR count). The van der Waals surface area contributed by atoms with E-state index in [1.165, 1.54) is 0 Å². The maximum atomic E-state index is 12.9. The molecule has 8 nitrogen and oxygen atoms in total. The summed E-state index contributed by atoms with van der Waals surface area (Å²) >= 11 is 6.08. The molecule has 3 aromatic heterocycles. The predicted octanol–water partition coefficient (Wildman–Crippen LogP) is 3.74. The fourth-order valence-electron chi connectivity index (χ4n) is 3.77. The first-order valence-corrected chi connectivity index (χ1v) is 11.0. The number of hydrogen-bond donors (Lipinski definition) is 1. The van der Waals surface area contributed by atoms with E-state index in [9.17, 15) is 4.79 Å². The Kier molecular flexibility index (Phi) is 5.85. The summed E-state index contributed by atoms with van der Waals surface area (Å²) in [5.74, 6) is 0.768. The lowest BCUT2D eigenvalue weighted by molar-refractivity contribution is 0.102. The van der Waals surface area contributed by atoms with Gasteiger partial charge in [-0.1, -0.05) is 23.7 Å². The summed E-state index contributed by atoms with van der Waals surface area (Å²) < 4.78 is 0. The zero-order valence-electron chi connectivity index (χ0n) is 18.1. The number of carbonyl (C=O) groups is 1. The van der Waals surface area contributed by atoms with Crippen molar-refractivity contribution in [2.24, 2.45) is 0 Å². The molecule has 1 amide bonds. The van der Waals surface area contributed by atoms with E-state index in [2.05, 4.69) is 42.1 Å². The minimum absolute atomic E-state index is 0.242. The summed E-state index contributed by atoms with van der Waals surface area (Å²) in [5.41, 5.74) is 3.05. The van der Waals surface area contributed by atoms with Crippen LogP contribution in [-0.4, -0.2) is 64.0 Å². The third kappa shape index (κ3) is 4.76. The van der Waals surface area contributed by atoms with E-state index in [0.717, 1.165) is 48.5 Å². The Balaban J connectivity index is 1.36. The monoisotopic (exact) mass is 459 g/mol. The number of halogens is 1. The molecule has 9 heteroatoms. The Morgan fingerprint density at radius 2 is 1.82 bits per heavy atom. The molecule has 1 saturated heterocycles. The Hall–Kier alpha value is -3.62. The van der Waals surface area contributed by atoms with Crippen molar-refractivity contribution < 1.29 is 4.79 Å². The molecular formula is C24H22ClN7O. The molecule has 1 aliphatic heterocycles. The van der Waals surface area contributed by atoms with E-state index < -0.39 is 0 Å². The van der Waals surface area contributed by atoms with Crippen molar-refractivity contribution in [1.29, 1.82) is 0 Å². The number of nitrogens with one attached hydrogen (secondary N) is 1. The van der Waals surface area contributed by atoms with E-state index in [-0.39, 0.29) is 11.9 Å². The van der Waals surface area contributed by atoms with Crippen molar-refractivity contribution in [2.75, 3.05) is 43.4 Å². The van der Waals surface area contributed by atoms with Crippen molar-refractivity contribution in [3.8, 4) is 11.1 Å². The molecule has 33 heavy (non-hydrogen) atoms. The van der Waals surface area contributed by atoms with E-state index in [4.69, 9.17) is 11.6 Å². The van der Waals surface area contributed by atoms with Crippen molar-refractivity contribution >= 4 is 40.2 Å². The maximum Gasteiger partial charge on any atom is 0.258 e. The number of nitrogens with zero attached hydrogens (tertiary/aromatic N) is 6. The van der Waals surface area contributed by atoms with Crippen LogP contribution in [0.1, 0.15) is 10.4 Å². The normalized spacial score (nSPS) is 14.4. The van der Waals surface area contributed by atoms with Gasteiger partial charge in [0.15, 0.2) is 0 Å². The van der Waals surface area contributed by atoms with Gasteiger partial charge in [-0.3, -0.25) is 15.1 Å². The highest BCUT2D eigenvalue weighted by atomic mass is 35.5. The Bertz CT molecular complexity index is 1320. The number of pyridine rings is 2. The second-order valence-electron chi connectivity index (χ2n) is 8.01. The number of carbonyl (C=O) groups excluding carboxylic acids is 1. The second kappa shape index (κ2) is 9.09. The lowest BCUT2D eigenvalue weighted by Gasteiger charge is -2.33. The standard InChI is InChI=1S/C24H22ClN7O/c1-31-6-8-32(9-7-31)22-12-17(4-5-27-22)23(33)30-24-28-14-18-3-2-16(11-21(18)29-24)19-10-20(25)15-26-13-19/h2-5,10-15H,6-9H2,1H3,(H,28,29,30,33). The molecule has 1 N–H and O–H groups in total. The number of benzene rings is 1. The van der Waals surface area contributed by atoms with Crippen molar-refractivity contribution in [3.05, 3.63) is 71.8 Å². The highest BCUT2D eigenvalue weighted by Crippen LogP contribution is 2.25. The first kappa shape index (κ1) is 21.2. The zero-order valence-corrected chi connectivity index (χ0v) is 18.8. The van der Waals surface area contributed by atoms with Gasteiger partial charge in [0.05, 0.1) is 10.5 Å². The fourth-order valence-corrected chi connectivity index (χ4v) is 3.95. The van der Waals surface area contributed by atoms with Gasteiger partial charge in [0.1, 0.15) is 5.82 Å². The topological polar surface area (TPSA) is 87.1 Å². The second-order valence-corrected chi connectivity index (χ2v) is 8.44. The van der Waals surface area contributed by atoms with Crippen LogP contribution < -0.4 is 10.2 Å². The molecule has 0 saturated carbocycles. The Labute approximate surface area is 196 Å². The smallest absolute Gasteiger partial charge is 0.258 e. The zero-order chi connectivity index (χ0) is 22.8. The average Bonchev–Trinajstić information content (AvgIpc) is 2.84. The van der Waals surface area contributed by atoms with Crippen LogP contribution in [0.5, 0.6) is 0 Å². The third-order valence-electron chi connectivity index (χ3n) is 5.68. The van der Waals surface area contributed by atoms with Gasteiger partial charge in [-0.15, -0.1) is 0 Å². The van der Waals surface area contributed by atoms with Gasteiger partial charge in [0, 0.05) is 67.5 Å². The molecule has 0 unspecified atom stereocenters. The summed E-state index contributed by atoms with van der Waals surface area (Å²) in [6.07, 6.45) is 6.70. The molecule has 0 aliphatic carbocycles. The van der Waals surface area contributed by atoms with E-state index in [1.807, 2.05) is 30.3 Å². The lowest BCUT2D eigenvalue weighted by Crippen LogP contribution is -2.44. The van der Waals surface area contributed by atoms with Crippen molar-refractivity contribution in [1.82, 2.24) is 24.8 Å². The summed E-state index contributed by atoms with van der Waals surface area (Å²) in [6.45, 7) is 3.70. The number of likely N-dealkylation sites (N-methyl/N-ethyl adjacent to an activating group) is 1. The molecule has 166 valence electrons. The summed E-state index contributed by atoms with van der Waals surface area (Å²) in [5, 5.41) is 4.24. The van der Waals surface area contributed by atoms with Crippen molar-refractivity contribution in [2.45, 2.75) is 0 Å². The molecular weight excluding hydrogens is 438 g/mol. The molecule has 1 aliphatic rings. The maximum absolute atomic E-state index is 12.9. The molecule has 0 radical (unpaired) electrons. The summed E-state index contributed by atoms with van der Waals surface area (Å²) in [7, 11) is 2.10. The summed E-state index contributed by atoms with van der Waals surface area (Å²) in [4.78, 5) is 34.8. The minimum atomic E-state index is -0.276. The quantitative estimate of drug-likeness (QED) is 0.497. The van der Waals surface area contributed by atoms with Crippen LogP contribution in [-0.2, 0) is 0 Å². The van der Waals surface area contributed by atoms with Crippen LogP contribution in [0.15, 0.2) is 61.2 Å². The van der Waals surface area contributed by atoms with Crippen LogP contribution in [0, 0.1) is 0 Å². The van der Waals surface area contributed by atoms with Gasteiger partial charge < -0.3 is 9.80 Å². The number of fused-ring (bicyclic) bond motifs is 1. The number of hydrogen-bond acceptors (Lipinski definition) is 7. The fraction of sp³-hybridized carbons (Fsp3) is 0.208. The Morgan fingerprint density at radius 3 is 2.64 bits per heavy atom. The van der Waals surface area contributed by atoms with E-state index in [1.54, 1.807) is 30.9 Å². The Morgan fingerprint density at radius 1 is 0.970 bits per heavy atom. The van der Waals surface area contributed by atoms with E-state index >= 15 is 0 Å². The number of piperazine rings is 1. The number of aromatic nitrogens is 4. The van der Waals surface area contributed by atoms with Crippen LogP contribution >= 0.6 is 11.6 Å². The lowest BCUT2D eigenvalue weighted by atomic mass is 10.1. The predicted molar refractivity (Wildman–Crippen MR) is 130 cm³/mol. The van der Waals surface area contributed by atoms with Crippen LogP contribution in [0.3, 0.4) is 0 Å². The molecule has 0 spiro atoms. The largest absolute Gasteiger partial charge is 0.354 e. The highest BCUT2D eigenvalue weighted by Gasteiger charge is 2.17. The first-order valence-electron chi connectivity index (χ1n) is 10.6. The van der Waals surface area contributed by atoms with Gasteiger partial charge in [0.2, 0.25) is 5.95 Å². The number of anilines is 2. The highest BCUT2D eigenvalue weighted by molar-refractivity contribution is 6.30. The molecule has 0 atom stereocenters. The van der Waals surface area contributed by atoms with Crippen LogP contribution in [0.25, 0.3) is 22.0 Å². The van der Waals surface area contributed by atoms with Gasteiger partial charge in [-0.05, 0) is 36.9 Å². The molecule has 4 heterocycles.